The summed E-state index contributed by atoms with van der Waals surface area (Å²) in [6, 6.07) is 7.41. The van der Waals surface area contributed by atoms with Crippen LogP contribution in [0.5, 0.6) is 5.75 Å². The first-order valence-electron chi connectivity index (χ1n) is 4.19. The van der Waals surface area contributed by atoms with Crippen LogP contribution in [-0.4, -0.2) is 20.2 Å². The van der Waals surface area contributed by atoms with E-state index in [2.05, 4.69) is 4.74 Å². The second-order valence-corrected chi connectivity index (χ2v) is 2.34. The summed E-state index contributed by atoms with van der Waals surface area (Å²) in [6.07, 6.45) is 0. The molecular weight excluding hydrogens is 182 g/mol. The van der Waals surface area contributed by atoms with Gasteiger partial charge in [0.25, 0.3) is 6.47 Å². The van der Waals surface area contributed by atoms with Crippen LogP contribution in [0, 0.1) is 0 Å². The third kappa shape index (κ3) is 5.88. The Morgan fingerprint density at radius 2 is 2.14 bits per heavy atom. The molecule has 1 rings (SSSR count). The average molecular weight is 197 g/mol. The first-order chi connectivity index (χ1) is 6.74. The van der Waals surface area contributed by atoms with Crippen LogP contribution in [0.25, 0.3) is 0 Å². The van der Waals surface area contributed by atoms with Gasteiger partial charge in [0.05, 0.1) is 13.7 Å². The van der Waals surface area contributed by atoms with E-state index in [1.807, 2.05) is 31.2 Å². The van der Waals surface area contributed by atoms with E-state index in [0.717, 1.165) is 11.4 Å². The van der Waals surface area contributed by atoms with Crippen molar-refractivity contribution in [2.45, 2.75) is 6.92 Å². The van der Waals surface area contributed by atoms with Crippen LogP contribution in [-0.2, 0) is 9.53 Å². The third-order valence-corrected chi connectivity index (χ3v) is 1.27. The van der Waals surface area contributed by atoms with Crippen molar-refractivity contribution >= 4 is 12.2 Å². The zero-order valence-electron chi connectivity index (χ0n) is 8.40. The van der Waals surface area contributed by atoms with Crippen LogP contribution in [0.15, 0.2) is 24.3 Å². The molecule has 0 aliphatic rings. The molecule has 0 aliphatic heterocycles. The van der Waals surface area contributed by atoms with Gasteiger partial charge in [-0.3, -0.25) is 4.79 Å². The number of carbonyl (C=O) groups excluding carboxylic acids is 1. The molecule has 0 spiro atoms. The quantitative estimate of drug-likeness (QED) is 0.588. The zero-order valence-corrected chi connectivity index (χ0v) is 8.40. The first kappa shape index (κ1) is 12.3. The third-order valence-electron chi connectivity index (χ3n) is 1.27. The minimum absolute atomic E-state index is 0.375. The molecule has 0 saturated carbocycles. The fourth-order valence-corrected chi connectivity index (χ4v) is 0.771. The largest absolute Gasteiger partial charge is 0.494 e. The lowest BCUT2D eigenvalue weighted by molar-refractivity contribution is -0.126. The monoisotopic (exact) mass is 197 g/mol. The maximum atomic E-state index is 8.95. The number of ether oxygens (including phenoxy) is 2. The van der Waals surface area contributed by atoms with Gasteiger partial charge in [0.15, 0.2) is 0 Å². The Hall–Kier alpha value is -1.71. The molecule has 4 nitrogen and oxygen atoms in total. The van der Waals surface area contributed by atoms with Crippen molar-refractivity contribution in [2.75, 3.05) is 19.5 Å². The van der Waals surface area contributed by atoms with E-state index in [4.69, 9.17) is 15.3 Å². The van der Waals surface area contributed by atoms with Gasteiger partial charge in [0.1, 0.15) is 5.75 Å². The normalized spacial score (nSPS) is 8.14. The Kier molecular flexibility index (Phi) is 6.95. The van der Waals surface area contributed by atoms with Gasteiger partial charge in [-0.1, -0.05) is 6.07 Å². The van der Waals surface area contributed by atoms with Crippen LogP contribution in [0.1, 0.15) is 6.92 Å². The number of hydrogen-bond acceptors (Lipinski definition) is 4. The topological polar surface area (TPSA) is 61.6 Å². The number of anilines is 1. The lowest BCUT2D eigenvalue weighted by atomic mass is 10.3. The van der Waals surface area contributed by atoms with Gasteiger partial charge in [0.2, 0.25) is 0 Å². The molecule has 2 N–H and O–H groups in total. The first-order valence-corrected chi connectivity index (χ1v) is 4.19. The highest BCUT2D eigenvalue weighted by atomic mass is 16.5. The molecule has 78 valence electrons. The van der Waals surface area contributed by atoms with E-state index in [-0.39, 0.29) is 0 Å². The summed E-state index contributed by atoms with van der Waals surface area (Å²) < 4.78 is 9.07. The maximum absolute atomic E-state index is 8.95. The second-order valence-electron chi connectivity index (χ2n) is 2.34. The number of hydrogen-bond donors (Lipinski definition) is 1. The predicted molar refractivity (Wildman–Crippen MR) is 55.1 cm³/mol. The maximum Gasteiger partial charge on any atom is 0.292 e. The van der Waals surface area contributed by atoms with Crippen molar-refractivity contribution in [3.8, 4) is 5.75 Å². The van der Waals surface area contributed by atoms with Crippen LogP contribution >= 0.6 is 0 Å². The van der Waals surface area contributed by atoms with E-state index >= 15 is 0 Å². The standard InChI is InChI=1S/C8H11NO.C2H4O2/c1-2-10-8-5-3-4-7(9)6-8;1-4-2-3/h3-6H,2,9H2,1H3;2H,1H3. The molecule has 0 fully saturated rings. The molecule has 0 atom stereocenters. The number of rotatable bonds is 3. The highest BCUT2D eigenvalue weighted by Crippen LogP contribution is 2.13. The molecule has 4 heteroatoms. The van der Waals surface area contributed by atoms with Crippen molar-refractivity contribution < 1.29 is 14.3 Å². The minimum Gasteiger partial charge on any atom is -0.494 e. The molecule has 0 bridgehead atoms. The van der Waals surface area contributed by atoms with Gasteiger partial charge in [-0.15, -0.1) is 0 Å². The summed E-state index contributed by atoms with van der Waals surface area (Å²) in [6.45, 7) is 3.01. The molecule has 0 heterocycles. The molecular formula is C10H15NO3. The van der Waals surface area contributed by atoms with E-state index in [1.54, 1.807) is 0 Å². The second kappa shape index (κ2) is 7.91. The van der Waals surface area contributed by atoms with Crippen LogP contribution < -0.4 is 10.5 Å². The number of nitrogen functional groups attached to an aromatic ring is 1. The number of carbonyl (C=O) groups is 1. The van der Waals surface area contributed by atoms with Gasteiger partial charge in [-0.2, -0.15) is 0 Å². The van der Waals surface area contributed by atoms with E-state index in [1.165, 1.54) is 7.11 Å². The molecule has 0 saturated heterocycles. The highest BCUT2D eigenvalue weighted by molar-refractivity contribution is 5.43. The number of methoxy groups -OCH3 is 1. The Morgan fingerprint density at radius 1 is 1.50 bits per heavy atom. The Bertz CT molecular complexity index is 263. The van der Waals surface area contributed by atoms with Crippen LogP contribution in [0.3, 0.4) is 0 Å². The Balaban J connectivity index is 0.000000364. The fourth-order valence-electron chi connectivity index (χ4n) is 0.771. The minimum atomic E-state index is 0.375. The van der Waals surface area contributed by atoms with Crippen molar-refractivity contribution in [2.24, 2.45) is 0 Å². The average Bonchev–Trinajstić information content (AvgIpc) is 2.19. The van der Waals surface area contributed by atoms with Crippen LogP contribution in [0.4, 0.5) is 5.69 Å². The Morgan fingerprint density at radius 3 is 2.57 bits per heavy atom. The van der Waals surface area contributed by atoms with Crippen molar-refractivity contribution in [3.05, 3.63) is 24.3 Å². The van der Waals surface area contributed by atoms with Gasteiger partial charge in [-0.25, -0.2) is 0 Å². The summed E-state index contributed by atoms with van der Waals surface area (Å²) in [7, 11) is 1.31. The Labute approximate surface area is 83.6 Å². The van der Waals surface area contributed by atoms with Crippen LogP contribution in [0.2, 0.25) is 0 Å². The van der Waals surface area contributed by atoms with Gasteiger partial charge in [-0.05, 0) is 19.1 Å². The van der Waals surface area contributed by atoms with E-state index in [0.29, 0.717) is 13.1 Å². The van der Waals surface area contributed by atoms with Gasteiger partial charge in [0, 0.05) is 11.8 Å². The molecule has 0 aromatic heterocycles. The van der Waals surface area contributed by atoms with Crippen molar-refractivity contribution in [1.82, 2.24) is 0 Å². The lowest BCUT2D eigenvalue weighted by Crippen LogP contribution is -1.92. The number of benzene rings is 1. The molecule has 14 heavy (non-hydrogen) atoms. The van der Waals surface area contributed by atoms with E-state index in [9.17, 15) is 0 Å². The molecule has 1 aromatic carbocycles. The smallest absolute Gasteiger partial charge is 0.292 e. The van der Waals surface area contributed by atoms with Crippen molar-refractivity contribution in [1.29, 1.82) is 0 Å². The van der Waals surface area contributed by atoms with E-state index < -0.39 is 0 Å². The summed E-state index contributed by atoms with van der Waals surface area (Å²) in [5, 5.41) is 0. The molecule has 0 aliphatic carbocycles. The van der Waals surface area contributed by atoms with Gasteiger partial charge >= 0.3 is 0 Å². The predicted octanol–water partition coefficient (Wildman–Crippen LogP) is 1.46. The molecule has 0 amide bonds. The highest BCUT2D eigenvalue weighted by Gasteiger charge is 1.89. The fraction of sp³-hybridized carbons (Fsp3) is 0.300. The molecule has 0 radical (unpaired) electrons. The SMILES string of the molecule is CCOc1cccc(N)c1.COC=O. The lowest BCUT2D eigenvalue weighted by Gasteiger charge is -2.01. The molecule has 0 unspecified atom stereocenters. The zero-order chi connectivity index (χ0) is 10.8. The summed E-state index contributed by atoms with van der Waals surface area (Å²) in [5.74, 6) is 0.836. The van der Waals surface area contributed by atoms with Gasteiger partial charge < -0.3 is 15.2 Å². The van der Waals surface area contributed by atoms with Crippen molar-refractivity contribution in [3.63, 3.8) is 0 Å². The summed E-state index contributed by atoms with van der Waals surface area (Å²) >= 11 is 0. The summed E-state index contributed by atoms with van der Waals surface area (Å²) in [4.78, 5) is 8.95. The number of nitrogens with two attached hydrogens (primary N) is 1. The summed E-state index contributed by atoms with van der Waals surface area (Å²) in [5.41, 5.74) is 6.25. The molecule has 1 aromatic rings.